The minimum atomic E-state index is -0.275. The second-order valence-corrected chi connectivity index (χ2v) is 7.11. The zero-order valence-corrected chi connectivity index (χ0v) is 15.1. The topological polar surface area (TPSA) is 85.6 Å². The molecule has 0 saturated carbocycles. The fraction of sp³-hybridized carbons (Fsp3) is 0.412. The van der Waals surface area contributed by atoms with Gasteiger partial charge in [0.25, 0.3) is 0 Å². The van der Waals surface area contributed by atoms with Crippen LogP contribution >= 0.6 is 11.6 Å². The maximum atomic E-state index is 12.1. The zero-order chi connectivity index (χ0) is 18.0. The molecular formula is C17H20ClN3O4. The average molecular weight is 366 g/mol. The lowest BCUT2D eigenvalue weighted by Gasteiger charge is -2.20. The molecule has 7 nitrogen and oxygen atoms in total. The number of hydrogen-bond donors (Lipinski definition) is 2. The molecule has 0 radical (unpaired) electrons. The lowest BCUT2D eigenvalue weighted by atomic mass is 9.92. The van der Waals surface area contributed by atoms with E-state index in [2.05, 4.69) is 15.8 Å². The molecule has 2 heterocycles. The molecule has 0 fully saturated rings. The largest absolute Gasteiger partial charge is 0.486 e. The SMILES string of the molecule is CC(C)(C)c1cc(NC(=O)CNc2cc3c(cc2Cl)OCCO3)on1. The van der Waals surface area contributed by atoms with Crippen molar-refractivity contribution in [2.45, 2.75) is 26.2 Å². The summed E-state index contributed by atoms with van der Waals surface area (Å²) in [6.07, 6.45) is 0. The van der Waals surface area contributed by atoms with Crippen LogP contribution in [-0.4, -0.2) is 30.8 Å². The van der Waals surface area contributed by atoms with Gasteiger partial charge >= 0.3 is 0 Å². The number of hydrogen-bond acceptors (Lipinski definition) is 6. The number of amides is 1. The highest BCUT2D eigenvalue weighted by Crippen LogP contribution is 2.37. The molecule has 3 rings (SSSR count). The number of ether oxygens (including phenoxy) is 2. The summed E-state index contributed by atoms with van der Waals surface area (Å²) in [6, 6.07) is 5.10. The van der Waals surface area contributed by atoms with Crippen LogP contribution in [0.1, 0.15) is 26.5 Å². The monoisotopic (exact) mass is 365 g/mol. The van der Waals surface area contributed by atoms with E-state index in [4.69, 9.17) is 25.6 Å². The first-order valence-electron chi connectivity index (χ1n) is 7.93. The van der Waals surface area contributed by atoms with Crippen molar-refractivity contribution in [2.75, 3.05) is 30.4 Å². The maximum absolute atomic E-state index is 12.1. The van der Waals surface area contributed by atoms with E-state index in [1.165, 1.54) is 0 Å². The summed E-state index contributed by atoms with van der Waals surface area (Å²) in [7, 11) is 0. The molecule has 134 valence electrons. The summed E-state index contributed by atoms with van der Waals surface area (Å²) < 4.78 is 16.1. The first-order valence-corrected chi connectivity index (χ1v) is 8.31. The maximum Gasteiger partial charge on any atom is 0.246 e. The summed E-state index contributed by atoms with van der Waals surface area (Å²) in [5.74, 6) is 1.23. The Bertz CT molecular complexity index is 783. The van der Waals surface area contributed by atoms with Crippen molar-refractivity contribution >= 4 is 29.1 Å². The quantitative estimate of drug-likeness (QED) is 0.863. The van der Waals surface area contributed by atoms with E-state index in [1.54, 1.807) is 18.2 Å². The average Bonchev–Trinajstić information content (AvgIpc) is 3.01. The van der Waals surface area contributed by atoms with Crippen molar-refractivity contribution in [1.29, 1.82) is 0 Å². The smallest absolute Gasteiger partial charge is 0.246 e. The van der Waals surface area contributed by atoms with Crippen LogP contribution in [0.5, 0.6) is 11.5 Å². The molecule has 1 aliphatic heterocycles. The summed E-state index contributed by atoms with van der Waals surface area (Å²) in [4.78, 5) is 12.1. The number of carbonyl (C=O) groups is 1. The number of anilines is 2. The highest BCUT2D eigenvalue weighted by Gasteiger charge is 2.20. The van der Waals surface area contributed by atoms with Gasteiger partial charge in [0.2, 0.25) is 11.8 Å². The predicted molar refractivity (Wildman–Crippen MR) is 94.8 cm³/mol. The van der Waals surface area contributed by atoms with Crippen LogP contribution in [0.25, 0.3) is 0 Å². The van der Waals surface area contributed by atoms with Crippen molar-refractivity contribution in [2.24, 2.45) is 0 Å². The van der Waals surface area contributed by atoms with E-state index >= 15 is 0 Å². The number of nitrogens with one attached hydrogen (secondary N) is 2. The van der Waals surface area contributed by atoms with E-state index in [0.717, 1.165) is 5.69 Å². The Kier molecular flexibility index (Phi) is 4.76. The second-order valence-electron chi connectivity index (χ2n) is 6.70. The first kappa shape index (κ1) is 17.4. The highest BCUT2D eigenvalue weighted by molar-refractivity contribution is 6.33. The molecule has 0 unspecified atom stereocenters. The standard InChI is InChI=1S/C17H20ClN3O4/c1-17(2,3)14-8-16(25-21-14)20-15(22)9-19-11-7-13-12(6-10(11)18)23-4-5-24-13/h6-8,19H,4-5,9H2,1-3H3,(H,20,22). The fourth-order valence-corrected chi connectivity index (χ4v) is 2.46. The van der Waals surface area contributed by atoms with Crippen LogP contribution in [0.2, 0.25) is 5.02 Å². The Morgan fingerprint density at radius 3 is 2.52 bits per heavy atom. The molecule has 0 saturated heterocycles. The van der Waals surface area contributed by atoms with Crippen molar-refractivity contribution in [3.63, 3.8) is 0 Å². The molecule has 1 aliphatic rings. The van der Waals surface area contributed by atoms with Crippen molar-refractivity contribution in [3.05, 3.63) is 28.9 Å². The molecule has 0 spiro atoms. The minimum absolute atomic E-state index is 0.0188. The van der Waals surface area contributed by atoms with Crippen molar-refractivity contribution in [3.8, 4) is 11.5 Å². The Balaban J connectivity index is 1.60. The van der Waals surface area contributed by atoms with Gasteiger partial charge in [-0.2, -0.15) is 0 Å². The van der Waals surface area contributed by atoms with Gasteiger partial charge in [-0.3, -0.25) is 10.1 Å². The van der Waals surface area contributed by atoms with Crippen LogP contribution in [0.3, 0.4) is 0 Å². The number of nitrogens with zero attached hydrogens (tertiary/aromatic N) is 1. The third-order valence-electron chi connectivity index (χ3n) is 3.61. The van der Waals surface area contributed by atoms with Gasteiger partial charge in [0.1, 0.15) is 13.2 Å². The summed E-state index contributed by atoms with van der Waals surface area (Å²) in [6.45, 7) is 7.04. The molecule has 0 bridgehead atoms. The zero-order valence-electron chi connectivity index (χ0n) is 14.3. The number of carbonyl (C=O) groups excluding carboxylic acids is 1. The van der Waals surface area contributed by atoms with Crippen LogP contribution in [0.15, 0.2) is 22.7 Å². The molecule has 25 heavy (non-hydrogen) atoms. The Hall–Kier alpha value is -2.41. The molecule has 2 aromatic rings. The van der Waals surface area contributed by atoms with Crippen molar-refractivity contribution in [1.82, 2.24) is 5.16 Å². The van der Waals surface area contributed by atoms with E-state index in [-0.39, 0.29) is 17.9 Å². The molecule has 1 aromatic carbocycles. The number of fused-ring (bicyclic) bond motifs is 1. The van der Waals surface area contributed by atoms with Crippen LogP contribution in [0.4, 0.5) is 11.6 Å². The molecule has 0 aliphatic carbocycles. The molecule has 1 aromatic heterocycles. The number of benzene rings is 1. The van der Waals surface area contributed by atoms with Crippen molar-refractivity contribution < 1.29 is 18.8 Å². The Morgan fingerprint density at radius 2 is 1.88 bits per heavy atom. The normalized spacial score (nSPS) is 13.4. The second kappa shape index (κ2) is 6.84. The number of rotatable bonds is 4. The van der Waals surface area contributed by atoms with Gasteiger partial charge in [-0.15, -0.1) is 0 Å². The van der Waals surface area contributed by atoms with E-state index < -0.39 is 0 Å². The molecule has 8 heteroatoms. The third kappa shape index (κ3) is 4.17. The third-order valence-corrected chi connectivity index (χ3v) is 3.93. The fourth-order valence-electron chi connectivity index (χ4n) is 2.24. The Labute approximate surface area is 150 Å². The first-order chi connectivity index (χ1) is 11.8. The van der Waals surface area contributed by atoms with E-state index in [9.17, 15) is 4.79 Å². The van der Waals surface area contributed by atoms with E-state index in [1.807, 2.05) is 20.8 Å². The van der Waals surface area contributed by atoms with Crippen LogP contribution in [0, 0.1) is 0 Å². The lowest BCUT2D eigenvalue weighted by molar-refractivity contribution is -0.114. The van der Waals surface area contributed by atoms with Gasteiger partial charge < -0.3 is 19.3 Å². The molecule has 0 atom stereocenters. The van der Waals surface area contributed by atoms with Gasteiger partial charge in [-0.05, 0) is 0 Å². The van der Waals surface area contributed by atoms with Gasteiger partial charge in [0.15, 0.2) is 11.5 Å². The number of halogens is 1. The summed E-state index contributed by atoms with van der Waals surface area (Å²) >= 11 is 6.20. The molecule has 1 amide bonds. The minimum Gasteiger partial charge on any atom is -0.486 e. The highest BCUT2D eigenvalue weighted by atomic mass is 35.5. The summed E-state index contributed by atoms with van der Waals surface area (Å²) in [5.41, 5.74) is 1.21. The molecular weight excluding hydrogens is 346 g/mol. The van der Waals surface area contributed by atoms with E-state index in [0.29, 0.717) is 41.3 Å². The van der Waals surface area contributed by atoms with Gasteiger partial charge in [0.05, 0.1) is 22.9 Å². The lowest BCUT2D eigenvalue weighted by Crippen LogP contribution is -2.22. The van der Waals surface area contributed by atoms with Gasteiger partial charge in [0, 0.05) is 23.6 Å². The van der Waals surface area contributed by atoms with Gasteiger partial charge in [-0.1, -0.05) is 37.5 Å². The van der Waals surface area contributed by atoms with Crippen LogP contribution in [-0.2, 0) is 10.2 Å². The predicted octanol–water partition coefficient (Wildman–Crippen LogP) is 3.45. The van der Waals surface area contributed by atoms with Crippen LogP contribution < -0.4 is 20.1 Å². The number of aromatic nitrogens is 1. The summed E-state index contributed by atoms with van der Waals surface area (Å²) in [5, 5.41) is 10.0. The Morgan fingerprint density at radius 1 is 1.20 bits per heavy atom. The van der Waals surface area contributed by atoms with Gasteiger partial charge in [-0.25, -0.2) is 0 Å². The molecule has 2 N–H and O–H groups in total.